The van der Waals surface area contributed by atoms with E-state index in [0.29, 0.717) is 12.4 Å². The Balaban J connectivity index is 1.88. The van der Waals surface area contributed by atoms with Crippen LogP contribution in [0.2, 0.25) is 0 Å². The van der Waals surface area contributed by atoms with Gasteiger partial charge in [0.1, 0.15) is 12.3 Å². The fourth-order valence-corrected chi connectivity index (χ4v) is 4.56. The van der Waals surface area contributed by atoms with Gasteiger partial charge >= 0.3 is 0 Å². The molecule has 0 spiro atoms. The third-order valence-corrected chi connectivity index (χ3v) is 6.48. The Morgan fingerprint density at radius 2 is 1.73 bits per heavy atom. The van der Waals surface area contributed by atoms with Crippen LogP contribution in [0.4, 0.5) is 11.4 Å². The minimum atomic E-state index is -4.17. The number of nitrogens with one attached hydrogen (secondary N) is 1. The maximum atomic E-state index is 13.3. The molecule has 33 heavy (non-hydrogen) atoms. The van der Waals surface area contributed by atoms with Gasteiger partial charge < -0.3 is 10.1 Å². The molecular formula is C23H23N3O6S. The predicted molar refractivity (Wildman–Crippen MR) is 124 cm³/mol. The van der Waals surface area contributed by atoms with Crippen molar-refractivity contribution in [2.75, 3.05) is 17.5 Å². The van der Waals surface area contributed by atoms with Gasteiger partial charge in [-0.15, -0.1) is 0 Å². The molecule has 3 aromatic rings. The highest BCUT2D eigenvalue weighted by molar-refractivity contribution is 7.92. The van der Waals surface area contributed by atoms with Gasteiger partial charge in [-0.3, -0.25) is 19.2 Å². The Morgan fingerprint density at radius 3 is 2.42 bits per heavy atom. The van der Waals surface area contributed by atoms with Crippen molar-refractivity contribution in [3.05, 3.63) is 94.5 Å². The first-order valence-corrected chi connectivity index (χ1v) is 11.6. The highest BCUT2D eigenvalue weighted by atomic mass is 32.2. The number of hydrogen-bond donors (Lipinski definition) is 1. The van der Waals surface area contributed by atoms with E-state index in [1.54, 1.807) is 36.4 Å². The monoisotopic (exact) mass is 469 g/mol. The first-order chi connectivity index (χ1) is 15.8. The molecule has 1 amide bonds. The van der Waals surface area contributed by atoms with Crippen molar-refractivity contribution in [3.8, 4) is 5.75 Å². The summed E-state index contributed by atoms with van der Waals surface area (Å²) < 4.78 is 33.0. The molecule has 0 unspecified atom stereocenters. The van der Waals surface area contributed by atoms with E-state index in [1.165, 1.54) is 30.3 Å². The fraction of sp³-hybridized carbons (Fsp3) is 0.174. The average Bonchev–Trinajstić information content (AvgIpc) is 2.82. The van der Waals surface area contributed by atoms with Crippen molar-refractivity contribution in [2.24, 2.45) is 0 Å². The highest BCUT2D eigenvalue weighted by Crippen LogP contribution is 2.27. The molecule has 172 valence electrons. The van der Waals surface area contributed by atoms with Crippen molar-refractivity contribution < 1.29 is 22.9 Å². The Hall–Kier alpha value is -3.92. The number of amides is 1. The van der Waals surface area contributed by atoms with Crippen LogP contribution >= 0.6 is 0 Å². The van der Waals surface area contributed by atoms with Gasteiger partial charge in [0, 0.05) is 24.2 Å². The molecule has 0 fully saturated rings. The number of carbonyl (C=O) groups excluding carboxylic acids is 1. The number of nitrogens with zero attached hydrogens (tertiary/aromatic N) is 2. The number of para-hydroxylation sites is 1. The number of benzene rings is 3. The summed E-state index contributed by atoms with van der Waals surface area (Å²) in [6.45, 7) is 1.87. The first kappa shape index (κ1) is 23.7. The second-order valence-corrected chi connectivity index (χ2v) is 8.78. The molecule has 0 saturated carbocycles. The quantitative estimate of drug-likeness (QED) is 0.359. The van der Waals surface area contributed by atoms with E-state index < -0.39 is 27.4 Å². The van der Waals surface area contributed by atoms with Gasteiger partial charge in [-0.25, -0.2) is 8.42 Å². The Bertz CT molecular complexity index is 1230. The number of non-ortho nitro benzene ring substituents is 1. The van der Waals surface area contributed by atoms with Crippen molar-refractivity contribution in [3.63, 3.8) is 0 Å². The largest absolute Gasteiger partial charge is 0.494 e. The lowest BCUT2D eigenvalue weighted by Gasteiger charge is -2.24. The van der Waals surface area contributed by atoms with Crippen LogP contribution in [0.25, 0.3) is 0 Å². The summed E-state index contributed by atoms with van der Waals surface area (Å²) in [6.07, 6.45) is 0. The van der Waals surface area contributed by atoms with Crippen LogP contribution in [-0.4, -0.2) is 32.4 Å². The SMILES string of the molecule is CCOc1ccccc1CNC(=O)CN(c1cccc([N+](=O)[O-])c1)S(=O)(=O)c1ccccc1. The summed E-state index contributed by atoms with van der Waals surface area (Å²) in [5.74, 6) is 0.0417. The minimum Gasteiger partial charge on any atom is -0.494 e. The predicted octanol–water partition coefficient (Wildman–Crippen LogP) is 3.51. The van der Waals surface area contributed by atoms with Crippen LogP contribution in [0.1, 0.15) is 12.5 Å². The summed E-state index contributed by atoms with van der Waals surface area (Å²) in [5, 5.41) is 13.9. The number of rotatable bonds is 10. The van der Waals surface area contributed by atoms with Crippen molar-refractivity contribution >= 4 is 27.3 Å². The van der Waals surface area contributed by atoms with E-state index in [9.17, 15) is 23.3 Å². The molecule has 0 atom stereocenters. The van der Waals surface area contributed by atoms with E-state index >= 15 is 0 Å². The van der Waals surface area contributed by atoms with E-state index in [2.05, 4.69) is 5.32 Å². The van der Waals surface area contributed by atoms with Crippen molar-refractivity contribution in [2.45, 2.75) is 18.4 Å². The summed E-state index contributed by atoms with van der Waals surface area (Å²) in [6, 6.07) is 19.9. The second-order valence-electron chi connectivity index (χ2n) is 6.92. The minimum absolute atomic E-state index is 0.0120. The standard InChI is InChI=1S/C23H23N3O6S/c1-2-32-22-14-7-6-9-18(22)16-24-23(27)17-25(19-10-8-11-20(15-19)26(28)29)33(30,31)21-12-4-3-5-13-21/h3-15H,2,16-17H2,1H3,(H,24,27). The summed E-state index contributed by atoms with van der Waals surface area (Å²) >= 11 is 0. The average molecular weight is 470 g/mol. The molecule has 0 aromatic heterocycles. The van der Waals surface area contributed by atoms with Crippen LogP contribution in [0.3, 0.4) is 0 Å². The lowest BCUT2D eigenvalue weighted by atomic mass is 10.2. The number of nitro groups is 1. The number of anilines is 1. The summed E-state index contributed by atoms with van der Waals surface area (Å²) in [7, 11) is -4.17. The van der Waals surface area contributed by atoms with Crippen LogP contribution in [0.15, 0.2) is 83.8 Å². The zero-order valence-electron chi connectivity index (χ0n) is 17.9. The molecule has 0 bridgehead atoms. The lowest BCUT2D eigenvalue weighted by Crippen LogP contribution is -2.40. The van der Waals surface area contributed by atoms with Crippen LogP contribution < -0.4 is 14.4 Å². The highest BCUT2D eigenvalue weighted by Gasteiger charge is 2.28. The molecule has 10 heteroatoms. The van der Waals surface area contributed by atoms with Crippen LogP contribution in [0, 0.1) is 10.1 Å². The topological polar surface area (TPSA) is 119 Å². The molecule has 1 N–H and O–H groups in total. The molecular weight excluding hydrogens is 446 g/mol. The van der Waals surface area contributed by atoms with Gasteiger partial charge in [-0.2, -0.15) is 0 Å². The van der Waals surface area contributed by atoms with Gasteiger partial charge in [0.2, 0.25) is 5.91 Å². The Morgan fingerprint density at radius 1 is 1.03 bits per heavy atom. The van der Waals surface area contributed by atoms with Gasteiger partial charge in [0.25, 0.3) is 15.7 Å². The molecule has 0 radical (unpaired) electrons. The number of nitro benzene ring substituents is 1. The number of sulfonamides is 1. The normalized spacial score (nSPS) is 10.9. The molecule has 0 saturated heterocycles. The van der Waals surface area contributed by atoms with Crippen molar-refractivity contribution in [1.82, 2.24) is 5.32 Å². The van der Waals surface area contributed by atoms with Crippen LogP contribution in [-0.2, 0) is 21.4 Å². The molecule has 0 heterocycles. The van der Waals surface area contributed by atoms with Crippen molar-refractivity contribution in [1.29, 1.82) is 0 Å². The second kappa shape index (κ2) is 10.6. The summed E-state index contributed by atoms with van der Waals surface area (Å²) in [4.78, 5) is 23.3. The molecule has 0 aliphatic carbocycles. The smallest absolute Gasteiger partial charge is 0.271 e. The van der Waals surface area contributed by atoms with Gasteiger partial charge in [0.15, 0.2) is 0 Å². The number of hydrogen-bond acceptors (Lipinski definition) is 6. The lowest BCUT2D eigenvalue weighted by molar-refractivity contribution is -0.384. The first-order valence-electron chi connectivity index (χ1n) is 10.1. The maximum Gasteiger partial charge on any atom is 0.271 e. The Kier molecular flexibility index (Phi) is 7.62. The van der Waals surface area contributed by atoms with Gasteiger partial charge in [-0.05, 0) is 31.2 Å². The fourth-order valence-electron chi connectivity index (χ4n) is 3.12. The third-order valence-electron chi connectivity index (χ3n) is 4.70. The number of carbonyl (C=O) groups is 1. The summed E-state index contributed by atoms with van der Waals surface area (Å²) in [5.41, 5.74) is 0.463. The Labute approximate surface area is 191 Å². The van der Waals surface area contributed by atoms with E-state index in [4.69, 9.17) is 4.74 Å². The zero-order chi connectivity index (χ0) is 23.8. The molecule has 3 aromatic carbocycles. The van der Waals surface area contributed by atoms with E-state index in [1.807, 2.05) is 13.0 Å². The van der Waals surface area contributed by atoms with E-state index in [0.717, 1.165) is 15.9 Å². The zero-order valence-corrected chi connectivity index (χ0v) is 18.7. The number of ether oxygens (including phenoxy) is 1. The third kappa shape index (κ3) is 5.86. The maximum absolute atomic E-state index is 13.3. The molecule has 9 nitrogen and oxygen atoms in total. The van der Waals surface area contributed by atoms with E-state index in [-0.39, 0.29) is 22.8 Å². The van der Waals surface area contributed by atoms with Gasteiger partial charge in [-0.1, -0.05) is 42.5 Å². The molecule has 3 rings (SSSR count). The molecule has 0 aliphatic heterocycles. The molecule has 0 aliphatic rings. The van der Waals surface area contributed by atoms with Crippen LogP contribution in [0.5, 0.6) is 5.75 Å². The van der Waals surface area contributed by atoms with Gasteiger partial charge in [0.05, 0.1) is 22.1 Å².